The molecule has 1 heterocycles. The second kappa shape index (κ2) is 8.27. The summed E-state index contributed by atoms with van der Waals surface area (Å²) in [5, 5.41) is 6.54. The highest BCUT2D eigenvalue weighted by molar-refractivity contribution is 6.31. The lowest BCUT2D eigenvalue weighted by Crippen LogP contribution is -2.15. The average Bonchev–Trinajstić information content (AvgIpc) is 2.65. The number of ether oxygens (including phenoxy) is 1. The monoisotopic (exact) mass is 396 g/mol. The summed E-state index contributed by atoms with van der Waals surface area (Å²) < 4.78 is 5.29. The van der Waals surface area contributed by atoms with Crippen LogP contribution in [-0.4, -0.2) is 23.0 Å². The Morgan fingerprint density at radius 2 is 1.68 bits per heavy atom. The molecule has 2 N–H and O–H groups in total. The van der Waals surface area contributed by atoms with Crippen molar-refractivity contribution in [1.82, 2.24) is 9.97 Å². The Morgan fingerprint density at radius 1 is 1.04 bits per heavy atom. The Balaban J connectivity index is 1.76. The van der Waals surface area contributed by atoms with Gasteiger partial charge in [0.2, 0.25) is 5.95 Å². The molecule has 28 heavy (non-hydrogen) atoms. The van der Waals surface area contributed by atoms with Crippen LogP contribution in [-0.2, 0) is 0 Å². The van der Waals surface area contributed by atoms with Crippen molar-refractivity contribution in [2.45, 2.75) is 20.8 Å². The number of carbonyl (C=O) groups excluding carboxylic acids is 1. The third kappa shape index (κ3) is 4.40. The normalized spacial score (nSPS) is 10.5. The van der Waals surface area contributed by atoms with Crippen LogP contribution >= 0.6 is 11.6 Å². The Morgan fingerprint density at radius 3 is 2.29 bits per heavy atom. The van der Waals surface area contributed by atoms with Gasteiger partial charge in [0.25, 0.3) is 5.91 Å². The molecule has 1 aromatic heterocycles. The quantitative estimate of drug-likeness (QED) is 0.630. The molecule has 0 fully saturated rings. The van der Waals surface area contributed by atoms with E-state index in [0.29, 0.717) is 28.0 Å². The minimum absolute atomic E-state index is 0.262. The van der Waals surface area contributed by atoms with Crippen LogP contribution < -0.4 is 15.4 Å². The highest BCUT2D eigenvalue weighted by Gasteiger charge is 2.12. The first-order chi connectivity index (χ1) is 13.4. The highest BCUT2D eigenvalue weighted by atomic mass is 35.5. The van der Waals surface area contributed by atoms with E-state index in [1.165, 1.54) is 12.4 Å². The molecule has 0 saturated heterocycles. The molecule has 0 unspecified atom stereocenters. The topological polar surface area (TPSA) is 76.1 Å². The highest BCUT2D eigenvalue weighted by Crippen LogP contribution is 2.29. The minimum atomic E-state index is -0.262. The fourth-order valence-corrected chi connectivity index (χ4v) is 3.14. The molecule has 7 heteroatoms. The summed E-state index contributed by atoms with van der Waals surface area (Å²) in [6, 6.07) is 9.26. The number of aryl methyl sites for hydroxylation is 3. The molecule has 0 bridgehead atoms. The zero-order valence-corrected chi connectivity index (χ0v) is 16.9. The van der Waals surface area contributed by atoms with E-state index in [0.717, 1.165) is 22.4 Å². The summed E-state index contributed by atoms with van der Waals surface area (Å²) in [6.45, 7) is 5.97. The predicted octanol–water partition coefficient (Wildman–Crippen LogP) is 5.06. The van der Waals surface area contributed by atoms with E-state index in [9.17, 15) is 4.79 Å². The standard InChI is InChI=1S/C21H21ClN4O2/c1-12-7-13(2)19(14(3)8-12)26-20(27)15-10-23-21(24-11-15)25-17-9-16(22)5-6-18(17)28-4/h5-11H,1-4H3,(H,26,27)(H,23,24,25). The van der Waals surface area contributed by atoms with Crippen LogP contribution in [0.1, 0.15) is 27.0 Å². The number of anilines is 3. The minimum Gasteiger partial charge on any atom is -0.495 e. The summed E-state index contributed by atoms with van der Waals surface area (Å²) >= 11 is 6.03. The molecule has 3 aromatic rings. The number of carbonyl (C=O) groups is 1. The van der Waals surface area contributed by atoms with Gasteiger partial charge < -0.3 is 15.4 Å². The third-order valence-corrected chi connectivity index (χ3v) is 4.47. The van der Waals surface area contributed by atoms with Crippen molar-refractivity contribution in [2.24, 2.45) is 0 Å². The van der Waals surface area contributed by atoms with E-state index in [2.05, 4.69) is 20.6 Å². The van der Waals surface area contributed by atoms with E-state index in [1.54, 1.807) is 25.3 Å². The summed E-state index contributed by atoms with van der Waals surface area (Å²) in [5.74, 6) is 0.682. The molecular weight excluding hydrogens is 376 g/mol. The lowest BCUT2D eigenvalue weighted by molar-refractivity contribution is 0.102. The molecule has 0 atom stereocenters. The first-order valence-electron chi connectivity index (χ1n) is 8.69. The van der Waals surface area contributed by atoms with Gasteiger partial charge in [-0.15, -0.1) is 0 Å². The van der Waals surface area contributed by atoms with Gasteiger partial charge in [-0.2, -0.15) is 0 Å². The van der Waals surface area contributed by atoms with Crippen molar-refractivity contribution >= 4 is 34.8 Å². The lowest BCUT2D eigenvalue weighted by Gasteiger charge is -2.13. The van der Waals surface area contributed by atoms with Crippen LogP contribution in [0.2, 0.25) is 5.02 Å². The van der Waals surface area contributed by atoms with Crippen molar-refractivity contribution in [3.8, 4) is 5.75 Å². The van der Waals surface area contributed by atoms with Gasteiger partial charge in [0.05, 0.1) is 18.4 Å². The Labute approximate surface area is 168 Å². The van der Waals surface area contributed by atoms with E-state index < -0.39 is 0 Å². The van der Waals surface area contributed by atoms with Crippen LogP contribution in [0.5, 0.6) is 5.75 Å². The number of aromatic nitrogens is 2. The number of methoxy groups -OCH3 is 1. The summed E-state index contributed by atoms with van der Waals surface area (Å²) in [6.07, 6.45) is 2.95. The van der Waals surface area contributed by atoms with Crippen LogP contribution in [0.4, 0.5) is 17.3 Å². The molecule has 0 radical (unpaired) electrons. The van der Waals surface area contributed by atoms with Gasteiger partial charge in [-0.05, 0) is 50.1 Å². The number of nitrogens with zero attached hydrogens (tertiary/aromatic N) is 2. The van der Waals surface area contributed by atoms with Gasteiger partial charge in [0, 0.05) is 23.1 Å². The summed E-state index contributed by atoms with van der Waals surface area (Å²) in [5.41, 5.74) is 4.99. The van der Waals surface area contributed by atoms with Crippen molar-refractivity contribution < 1.29 is 9.53 Å². The number of hydrogen-bond acceptors (Lipinski definition) is 5. The molecule has 0 saturated carbocycles. The van der Waals surface area contributed by atoms with Gasteiger partial charge in [-0.3, -0.25) is 4.79 Å². The molecule has 2 aromatic carbocycles. The maximum Gasteiger partial charge on any atom is 0.258 e. The largest absolute Gasteiger partial charge is 0.495 e. The van der Waals surface area contributed by atoms with Crippen LogP contribution in [0.15, 0.2) is 42.7 Å². The molecule has 3 rings (SSSR count). The lowest BCUT2D eigenvalue weighted by atomic mass is 10.0. The Kier molecular flexibility index (Phi) is 5.80. The molecule has 0 spiro atoms. The van der Waals surface area contributed by atoms with Gasteiger partial charge in [0.1, 0.15) is 5.75 Å². The summed E-state index contributed by atoms with van der Waals surface area (Å²) in [4.78, 5) is 21.0. The number of hydrogen-bond donors (Lipinski definition) is 2. The van der Waals surface area contributed by atoms with Crippen molar-refractivity contribution in [2.75, 3.05) is 17.7 Å². The fourth-order valence-electron chi connectivity index (χ4n) is 2.97. The van der Waals surface area contributed by atoms with E-state index in [4.69, 9.17) is 16.3 Å². The van der Waals surface area contributed by atoms with Crippen LogP contribution in [0.25, 0.3) is 0 Å². The second-order valence-corrected chi connectivity index (χ2v) is 6.93. The number of benzene rings is 2. The van der Waals surface area contributed by atoms with E-state index >= 15 is 0 Å². The van der Waals surface area contributed by atoms with Crippen molar-refractivity contribution in [3.63, 3.8) is 0 Å². The smallest absolute Gasteiger partial charge is 0.258 e. The Bertz CT molecular complexity index is 996. The fraction of sp³-hybridized carbons (Fsp3) is 0.190. The zero-order valence-electron chi connectivity index (χ0n) is 16.1. The zero-order chi connectivity index (χ0) is 20.3. The molecule has 1 amide bonds. The number of halogens is 1. The first kappa shape index (κ1) is 19.6. The van der Waals surface area contributed by atoms with Gasteiger partial charge >= 0.3 is 0 Å². The Hall–Kier alpha value is -3.12. The van der Waals surface area contributed by atoms with Crippen LogP contribution in [0.3, 0.4) is 0 Å². The summed E-state index contributed by atoms with van der Waals surface area (Å²) in [7, 11) is 1.57. The number of amides is 1. The molecule has 0 aliphatic carbocycles. The second-order valence-electron chi connectivity index (χ2n) is 6.49. The first-order valence-corrected chi connectivity index (χ1v) is 9.07. The van der Waals surface area contributed by atoms with E-state index in [1.807, 2.05) is 32.9 Å². The molecule has 144 valence electrons. The van der Waals surface area contributed by atoms with Crippen molar-refractivity contribution in [1.29, 1.82) is 0 Å². The van der Waals surface area contributed by atoms with E-state index in [-0.39, 0.29) is 5.91 Å². The SMILES string of the molecule is COc1ccc(Cl)cc1Nc1ncc(C(=O)Nc2c(C)cc(C)cc2C)cn1. The van der Waals surface area contributed by atoms with Crippen LogP contribution in [0, 0.1) is 20.8 Å². The van der Waals surface area contributed by atoms with Gasteiger partial charge in [-0.25, -0.2) is 9.97 Å². The molecule has 0 aliphatic heterocycles. The maximum atomic E-state index is 12.6. The molecule has 0 aliphatic rings. The average molecular weight is 397 g/mol. The predicted molar refractivity (Wildman–Crippen MR) is 112 cm³/mol. The maximum absolute atomic E-state index is 12.6. The molecule has 6 nitrogen and oxygen atoms in total. The number of nitrogens with one attached hydrogen (secondary N) is 2. The molecular formula is C21H21ClN4O2. The van der Waals surface area contributed by atoms with Gasteiger partial charge in [-0.1, -0.05) is 29.3 Å². The van der Waals surface area contributed by atoms with Crippen molar-refractivity contribution in [3.05, 3.63) is 70.0 Å². The third-order valence-electron chi connectivity index (χ3n) is 4.24. The van der Waals surface area contributed by atoms with Gasteiger partial charge in [0.15, 0.2) is 0 Å². The number of rotatable bonds is 5.